The minimum atomic E-state index is -0.198. The predicted molar refractivity (Wildman–Crippen MR) is 73.5 cm³/mol. The summed E-state index contributed by atoms with van der Waals surface area (Å²) in [7, 11) is 0. The molecular formula is C15H22NO3+. The van der Waals surface area contributed by atoms with Crippen LogP contribution in [0.5, 0.6) is 11.5 Å². The maximum absolute atomic E-state index is 12.4. The summed E-state index contributed by atoms with van der Waals surface area (Å²) in [6, 6.07) is 5.73. The van der Waals surface area contributed by atoms with Crippen molar-refractivity contribution < 1.29 is 18.8 Å². The lowest BCUT2D eigenvalue weighted by Gasteiger charge is -2.30. The van der Waals surface area contributed by atoms with Crippen LogP contribution in [0.15, 0.2) is 18.2 Å². The monoisotopic (exact) mass is 264 g/mol. The second-order valence-electron chi connectivity index (χ2n) is 4.80. The molecule has 2 rings (SSSR count). The zero-order chi connectivity index (χ0) is 13.9. The molecule has 104 valence electrons. The van der Waals surface area contributed by atoms with Crippen LogP contribution in [0.1, 0.15) is 26.3 Å². The van der Waals surface area contributed by atoms with Gasteiger partial charge in [0.2, 0.25) is 0 Å². The summed E-state index contributed by atoms with van der Waals surface area (Å²) in [5.74, 6) is 1.29. The van der Waals surface area contributed by atoms with Gasteiger partial charge in [-0.05, 0) is 26.8 Å². The second kappa shape index (κ2) is 5.61. The number of benzene rings is 1. The molecule has 1 amide bonds. The van der Waals surface area contributed by atoms with E-state index in [9.17, 15) is 4.79 Å². The number of hydrogen-bond acceptors (Lipinski definition) is 3. The Balaban J connectivity index is 2.22. The first-order valence-corrected chi connectivity index (χ1v) is 7.00. The summed E-state index contributed by atoms with van der Waals surface area (Å²) in [5.41, 5.74) is 1.12. The number of para-hydroxylation sites is 1. The van der Waals surface area contributed by atoms with Gasteiger partial charge in [0.1, 0.15) is 0 Å². The molecule has 1 aliphatic rings. The molecular weight excluding hydrogens is 242 g/mol. The van der Waals surface area contributed by atoms with Crippen LogP contribution in [0.3, 0.4) is 0 Å². The van der Waals surface area contributed by atoms with Gasteiger partial charge in [0.25, 0.3) is 0 Å². The highest BCUT2D eigenvalue weighted by molar-refractivity contribution is 5.66. The third-order valence-electron chi connectivity index (χ3n) is 4.08. The van der Waals surface area contributed by atoms with Crippen LogP contribution in [-0.4, -0.2) is 36.8 Å². The standard InChI is InChI=1S/C15H22NO3/c1-4-16(5-2,6-3)15(17)19-13-9-7-8-12-10-11-18-14(12)13/h7-9H,4-6,10-11H2,1-3H3/q+1. The van der Waals surface area contributed by atoms with Crippen molar-refractivity contribution in [3.05, 3.63) is 23.8 Å². The zero-order valence-corrected chi connectivity index (χ0v) is 11.9. The van der Waals surface area contributed by atoms with Crippen molar-refractivity contribution >= 4 is 6.09 Å². The maximum Gasteiger partial charge on any atom is 0.521 e. The number of quaternary nitrogens is 1. The number of rotatable bonds is 4. The van der Waals surface area contributed by atoms with E-state index in [0.717, 1.165) is 37.4 Å². The molecule has 4 heteroatoms. The minimum absolute atomic E-state index is 0.198. The molecule has 0 N–H and O–H groups in total. The maximum atomic E-state index is 12.4. The van der Waals surface area contributed by atoms with Crippen molar-refractivity contribution in [1.82, 2.24) is 0 Å². The summed E-state index contributed by atoms with van der Waals surface area (Å²) in [6.07, 6.45) is 0.687. The van der Waals surface area contributed by atoms with Gasteiger partial charge in [-0.15, -0.1) is 0 Å². The molecule has 0 atom stereocenters. The number of ether oxygens (including phenoxy) is 2. The normalized spacial score (nSPS) is 13.8. The Labute approximate surface area is 114 Å². The van der Waals surface area contributed by atoms with Crippen LogP contribution in [-0.2, 0) is 6.42 Å². The number of amides is 1. The van der Waals surface area contributed by atoms with E-state index in [1.807, 2.05) is 32.9 Å². The van der Waals surface area contributed by atoms with Crippen molar-refractivity contribution in [2.45, 2.75) is 27.2 Å². The van der Waals surface area contributed by atoms with Gasteiger partial charge in [-0.2, -0.15) is 4.79 Å². The van der Waals surface area contributed by atoms with E-state index in [4.69, 9.17) is 9.47 Å². The Kier molecular flexibility index (Phi) is 4.10. The molecule has 0 fully saturated rings. The Morgan fingerprint density at radius 1 is 1.26 bits per heavy atom. The average Bonchev–Trinajstić information content (AvgIpc) is 2.91. The summed E-state index contributed by atoms with van der Waals surface area (Å²) < 4.78 is 11.5. The van der Waals surface area contributed by atoms with Gasteiger partial charge in [0.05, 0.1) is 26.2 Å². The molecule has 1 aromatic rings. The number of carbonyl (C=O) groups excluding carboxylic acids is 1. The number of hydrogen-bond donors (Lipinski definition) is 0. The highest BCUT2D eigenvalue weighted by Gasteiger charge is 2.35. The van der Waals surface area contributed by atoms with Crippen LogP contribution in [0.25, 0.3) is 0 Å². The lowest BCUT2D eigenvalue weighted by Crippen LogP contribution is -2.53. The second-order valence-corrected chi connectivity index (χ2v) is 4.80. The fourth-order valence-electron chi connectivity index (χ4n) is 2.51. The van der Waals surface area contributed by atoms with Gasteiger partial charge in [-0.1, -0.05) is 12.1 Å². The first-order chi connectivity index (χ1) is 9.16. The molecule has 0 saturated carbocycles. The first-order valence-electron chi connectivity index (χ1n) is 7.00. The molecule has 19 heavy (non-hydrogen) atoms. The van der Waals surface area contributed by atoms with Crippen LogP contribution in [0, 0.1) is 0 Å². The van der Waals surface area contributed by atoms with Gasteiger partial charge < -0.3 is 9.47 Å². The predicted octanol–water partition coefficient (Wildman–Crippen LogP) is 3.00. The first kappa shape index (κ1) is 13.9. The van der Waals surface area contributed by atoms with Crippen molar-refractivity contribution in [3.63, 3.8) is 0 Å². The molecule has 0 unspecified atom stereocenters. The summed E-state index contributed by atoms with van der Waals surface area (Å²) in [6.45, 7) is 8.92. The Morgan fingerprint density at radius 3 is 2.58 bits per heavy atom. The van der Waals surface area contributed by atoms with Gasteiger partial charge >= 0.3 is 6.09 Å². The molecule has 0 radical (unpaired) electrons. The largest absolute Gasteiger partial charge is 0.521 e. The van der Waals surface area contributed by atoms with E-state index in [-0.39, 0.29) is 6.09 Å². The van der Waals surface area contributed by atoms with E-state index in [0.29, 0.717) is 16.8 Å². The van der Waals surface area contributed by atoms with Gasteiger partial charge in [0.15, 0.2) is 11.5 Å². The summed E-state index contributed by atoms with van der Waals surface area (Å²) in [4.78, 5) is 12.4. The van der Waals surface area contributed by atoms with E-state index < -0.39 is 0 Å². The van der Waals surface area contributed by atoms with Crippen molar-refractivity contribution in [2.75, 3.05) is 26.2 Å². The van der Waals surface area contributed by atoms with Gasteiger partial charge in [0, 0.05) is 12.0 Å². The summed E-state index contributed by atoms with van der Waals surface area (Å²) in [5, 5.41) is 0. The quantitative estimate of drug-likeness (QED) is 0.784. The Hall–Kier alpha value is -1.55. The zero-order valence-electron chi connectivity index (χ0n) is 11.9. The fourth-order valence-corrected chi connectivity index (χ4v) is 2.51. The minimum Gasteiger partial charge on any atom is -0.489 e. The lowest BCUT2D eigenvalue weighted by molar-refractivity contribution is -0.850. The molecule has 1 heterocycles. The fraction of sp³-hybridized carbons (Fsp3) is 0.533. The van der Waals surface area contributed by atoms with Crippen molar-refractivity contribution in [2.24, 2.45) is 0 Å². The van der Waals surface area contributed by atoms with Crippen LogP contribution in [0.2, 0.25) is 0 Å². The van der Waals surface area contributed by atoms with E-state index in [1.165, 1.54) is 0 Å². The van der Waals surface area contributed by atoms with Gasteiger partial charge in [-0.25, -0.2) is 4.48 Å². The van der Waals surface area contributed by atoms with E-state index in [2.05, 4.69) is 0 Å². The van der Waals surface area contributed by atoms with Gasteiger partial charge in [-0.3, -0.25) is 0 Å². The highest BCUT2D eigenvalue weighted by Crippen LogP contribution is 2.36. The van der Waals surface area contributed by atoms with Crippen LogP contribution in [0.4, 0.5) is 4.79 Å². The molecule has 0 aromatic heterocycles. The molecule has 0 spiro atoms. The van der Waals surface area contributed by atoms with E-state index >= 15 is 0 Å². The lowest BCUT2D eigenvalue weighted by atomic mass is 10.1. The Bertz CT molecular complexity index is 458. The molecule has 4 nitrogen and oxygen atoms in total. The number of fused-ring (bicyclic) bond motifs is 1. The SMILES string of the molecule is CC[N+](CC)(CC)C(=O)Oc1cccc2c1OCC2. The molecule has 0 saturated heterocycles. The third-order valence-corrected chi connectivity index (χ3v) is 4.08. The third kappa shape index (κ3) is 2.45. The number of carbonyl (C=O) groups is 1. The molecule has 0 bridgehead atoms. The van der Waals surface area contributed by atoms with Crippen LogP contribution < -0.4 is 9.47 Å². The van der Waals surface area contributed by atoms with E-state index in [1.54, 1.807) is 6.07 Å². The van der Waals surface area contributed by atoms with Crippen molar-refractivity contribution in [1.29, 1.82) is 0 Å². The topological polar surface area (TPSA) is 35.5 Å². The average molecular weight is 264 g/mol. The summed E-state index contributed by atoms with van der Waals surface area (Å²) >= 11 is 0. The highest BCUT2D eigenvalue weighted by atomic mass is 16.6. The molecule has 0 aliphatic carbocycles. The molecule has 1 aliphatic heterocycles. The van der Waals surface area contributed by atoms with Crippen LogP contribution >= 0.6 is 0 Å². The smallest absolute Gasteiger partial charge is 0.489 e. The molecule has 1 aromatic carbocycles. The number of nitrogens with zero attached hydrogens (tertiary/aromatic N) is 1. The Morgan fingerprint density at radius 2 is 1.95 bits per heavy atom. The van der Waals surface area contributed by atoms with Crippen molar-refractivity contribution in [3.8, 4) is 11.5 Å².